The molecule has 284 valence electrons. The molecule has 0 aromatic carbocycles. The van der Waals surface area contributed by atoms with Gasteiger partial charge in [0.25, 0.3) is 0 Å². The van der Waals surface area contributed by atoms with Crippen molar-refractivity contribution in [2.75, 3.05) is 13.2 Å². The molecule has 47 heavy (non-hydrogen) atoms. The molecule has 0 bridgehead atoms. The molecule has 0 aliphatic rings. The molecule has 3 N–H and O–H groups in total. The van der Waals surface area contributed by atoms with Crippen LogP contribution in [0.1, 0.15) is 247 Å². The third kappa shape index (κ3) is 44.7. The van der Waals surface area contributed by atoms with E-state index < -0.39 is 11.4 Å². The molecule has 4 nitrogen and oxygen atoms in total. The number of aliphatic hydroxyl groups is 2. The summed E-state index contributed by atoms with van der Waals surface area (Å²) in [7, 11) is 0. The van der Waals surface area contributed by atoms with Crippen LogP contribution in [0.15, 0.2) is 0 Å². The van der Waals surface area contributed by atoms with Gasteiger partial charge in [-0.3, -0.25) is 4.79 Å². The van der Waals surface area contributed by atoms with E-state index in [1.165, 1.54) is 161 Å². The summed E-state index contributed by atoms with van der Waals surface area (Å²) in [5.74, 6) is -0.524. The molecule has 0 rings (SSSR count). The van der Waals surface area contributed by atoms with Gasteiger partial charge < -0.3 is 15.3 Å². The summed E-state index contributed by atoms with van der Waals surface area (Å²) in [5.41, 5.74) is -0.438. The number of aliphatic carboxylic acids is 1. The van der Waals surface area contributed by atoms with Crippen LogP contribution in [0.25, 0.3) is 0 Å². The van der Waals surface area contributed by atoms with Gasteiger partial charge in [0.1, 0.15) is 0 Å². The van der Waals surface area contributed by atoms with Crippen LogP contribution in [0, 0.1) is 46.3 Å². The van der Waals surface area contributed by atoms with Gasteiger partial charge >= 0.3 is 5.97 Å². The maximum atomic E-state index is 12.1. The van der Waals surface area contributed by atoms with Crippen molar-refractivity contribution in [3.63, 3.8) is 0 Å². The Morgan fingerprint density at radius 3 is 0.766 bits per heavy atom. The minimum Gasteiger partial charge on any atom is -0.481 e. The third-order valence-electron chi connectivity index (χ3n) is 9.50. The van der Waals surface area contributed by atoms with Crippen LogP contribution in [0.2, 0.25) is 0 Å². The number of rotatable bonds is 34. The van der Waals surface area contributed by atoms with Crippen molar-refractivity contribution in [3.05, 3.63) is 0 Å². The van der Waals surface area contributed by atoms with E-state index in [0.717, 1.165) is 51.4 Å². The second-order valence-electron chi connectivity index (χ2n) is 14.1. The first-order chi connectivity index (χ1) is 22.5. The van der Waals surface area contributed by atoms with Crippen molar-refractivity contribution in [3.8, 4) is 0 Å². The van der Waals surface area contributed by atoms with Crippen molar-refractivity contribution in [2.45, 2.75) is 247 Å². The molecule has 0 aromatic heterocycles. The maximum absolute atomic E-state index is 12.1. The Bertz CT molecular complexity index is 497. The minimum atomic E-state index is -0.524. The molecule has 0 atom stereocenters. The molecule has 0 aromatic rings. The molecule has 0 aliphatic carbocycles. The van der Waals surface area contributed by atoms with E-state index in [2.05, 4.69) is 34.6 Å². The van der Waals surface area contributed by atoms with Gasteiger partial charge in [-0.15, -0.1) is 0 Å². The van der Waals surface area contributed by atoms with Gasteiger partial charge in [0.15, 0.2) is 0 Å². The normalized spacial score (nSPS) is 10.9. The first kappa shape index (κ1) is 54.5. The number of carboxylic acids is 1. The van der Waals surface area contributed by atoms with Gasteiger partial charge in [-0.1, -0.05) is 214 Å². The minimum absolute atomic E-state index is 0. The van der Waals surface area contributed by atoms with Crippen molar-refractivity contribution < 1.29 is 61.0 Å². The summed E-state index contributed by atoms with van der Waals surface area (Å²) in [5, 5.41) is 27.0. The predicted octanol–water partition coefficient (Wildman–Crippen LogP) is 14.0. The van der Waals surface area contributed by atoms with E-state index in [0.29, 0.717) is 13.2 Å². The Hall–Kier alpha value is 0.741. The molecule has 0 saturated heterocycles. The Morgan fingerprint density at radius 2 is 0.553 bits per heavy atom. The number of carboxylic acid groups (broad SMARTS) is 1. The zero-order chi connectivity index (χ0) is 34.8. The van der Waals surface area contributed by atoms with Crippen molar-refractivity contribution in [1.29, 1.82) is 0 Å². The van der Waals surface area contributed by atoms with Gasteiger partial charge in [0.2, 0.25) is 0 Å². The molecule has 0 fully saturated rings. The largest absolute Gasteiger partial charge is 0.481 e. The Morgan fingerprint density at radius 1 is 0.362 bits per heavy atom. The fraction of sp³-hybridized carbons (Fsp3) is 0.976. The molecule has 0 amide bonds. The first-order valence-corrected chi connectivity index (χ1v) is 20.9. The summed E-state index contributed by atoms with van der Waals surface area (Å²) in [6, 6.07) is 0. The molecule has 0 unspecified atom stereocenters. The topological polar surface area (TPSA) is 77.8 Å². The van der Waals surface area contributed by atoms with Crippen LogP contribution < -0.4 is 0 Å². The molecule has 0 aliphatic heterocycles. The van der Waals surface area contributed by atoms with E-state index in [9.17, 15) is 9.90 Å². The number of hydrogen-bond acceptors (Lipinski definition) is 3. The monoisotopic (exact) mass is 799 g/mol. The van der Waals surface area contributed by atoms with Crippen molar-refractivity contribution in [2.24, 2.45) is 5.41 Å². The van der Waals surface area contributed by atoms with Crippen LogP contribution in [-0.4, -0.2) is 34.5 Å². The summed E-state index contributed by atoms with van der Waals surface area (Å²) < 4.78 is 0. The fourth-order valence-corrected chi connectivity index (χ4v) is 6.21. The molecule has 0 heterocycles. The van der Waals surface area contributed by atoms with Crippen LogP contribution in [0.5, 0.6) is 0 Å². The first-order valence-electron chi connectivity index (χ1n) is 20.9. The average molecular weight is 801 g/mol. The number of aliphatic hydroxyl groups excluding tert-OH is 2. The molecule has 0 radical (unpaired) electrons. The Labute approximate surface area is 329 Å². The van der Waals surface area contributed by atoms with Crippen molar-refractivity contribution in [1.82, 2.24) is 0 Å². The number of hydrogen-bond donors (Lipinski definition) is 3. The van der Waals surface area contributed by atoms with Crippen LogP contribution in [-0.2, 0) is 4.79 Å². The van der Waals surface area contributed by atoms with Gasteiger partial charge in [0.05, 0.1) is 5.41 Å². The van der Waals surface area contributed by atoms with Gasteiger partial charge in [-0.05, 0) is 32.1 Å². The average Bonchev–Trinajstić information content (AvgIpc) is 3.06. The number of carbonyl (C=O) groups is 1. The zero-order valence-corrected chi connectivity index (χ0v) is 36.2. The SMILES string of the molecule is CCCCCCCCC(CCCCCC)(CCCCCC)C(=O)O.CCCCCCCCCCO.CCCCCCCCCCO.[Nd]. The Kier molecular flexibility index (Phi) is 56.7. The summed E-state index contributed by atoms with van der Waals surface area (Å²) >= 11 is 0. The molecule has 0 saturated carbocycles. The van der Waals surface area contributed by atoms with E-state index in [4.69, 9.17) is 10.2 Å². The van der Waals surface area contributed by atoms with Crippen LogP contribution in [0.4, 0.5) is 0 Å². The second-order valence-corrected chi connectivity index (χ2v) is 14.1. The quantitative estimate of drug-likeness (QED) is 0.0567. The predicted molar refractivity (Wildman–Crippen MR) is 205 cm³/mol. The van der Waals surface area contributed by atoms with E-state index in [1.807, 2.05) is 0 Å². The standard InChI is InChI=1S/C22H44O2.2C10H22O.Nd/c1-4-7-10-13-14-17-20-22(21(23)24,18-15-11-8-5-2)19-16-12-9-6-3;2*1-2-3-4-5-6-7-8-9-10-11;/h4-20H2,1-3H3,(H,23,24);2*11H,2-10H2,1H3;. The van der Waals surface area contributed by atoms with Gasteiger partial charge in [0, 0.05) is 54.1 Å². The van der Waals surface area contributed by atoms with Crippen molar-refractivity contribution >= 4 is 5.97 Å². The van der Waals surface area contributed by atoms with Crippen LogP contribution >= 0.6 is 0 Å². The smallest absolute Gasteiger partial charge is 0.309 e. The van der Waals surface area contributed by atoms with E-state index in [-0.39, 0.29) is 40.8 Å². The maximum Gasteiger partial charge on any atom is 0.309 e. The summed E-state index contributed by atoms with van der Waals surface area (Å²) in [6.07, 6.45) is 40.4. The summed E-state index contributed by atoms with van der Waals surface area (Å²) in [4.78, 5) is 12.1. The van der Waals surface area contributed by atoms with Gasteiger partial charge in [-0.25, -0.2) is 0 Å². The number of unbranched alkanes of at least 4 members (excludes halogenated alkanes) is 25. The molecule has 5 heteroatoms. The second kappa shape index (κ2) is 48.9. The third-order valence-corrected chi connectivity index (χ3v) is 9.50. The molecule has 0 spiro atoms. The Balaban J connectivity index is -0.000000334. The summed E-state index contributed by atoms with van der Waals surface area (Å²) in [6.45, 7) is 11.9. The fourth-order valence-electron chi connectivity index (χ4n) is 6.21. The van der Waals surface area contributed by atoms with Crippen LogP contribution in [0.3, 0.4) is 0 Å². The van der Waals surface area contributed by atoms with Gasteiger partial charge in [-0.2, -0.15) is 0 Å². The van der Waals surface area contributed by atoms with E-state index >= 15 is 0 Å². The van der Waals surface area contributed by atoms with E-state index in [1.54, 1.807) is 0 Å². The molecular weight excluding hydrogens is 713 g/mol. The zero-order valence-electron chi connectivity index (χ0n) is 33.0. The molecular formula is C42H88NdO4.